The summed E-state index contributed by atoms with van der Waals surface area (Å²) in [5.74, 6) is 0. The predicted molar refractivity (Wildman–Crippen MR) is 59.3 cm³/mol. The number of unbranched alkanes of at least 4 members (excludes halogenated alkanes) is 3. The maximum atomic E-state index is 11.4. The van der Waals surface area contributed by atoms with Crippen molar-refractivity contribution in [2.75, 3.05) is 20.6 Å². The molecule has 0 saturated heterocycles. The van der Waals surface area contributed by atoms with Crippen LogP contribution in [0.25, 0.3) is 0 Å². The highest BCUT2D eigenvalue weighted by atomic mass is 28.4. The molecule has 0 N–H and O–H groups in total. The molecule has 80 valence electrons. The topological polar surface area (TPSA) is 26.3 Å². The molecule has 0 radical (unpaired) electrons. The molecule has 13 heavy (non-hydrogen) atoms. The van der Waals surface area contributed by atoms with E-state index >= 15 is 0 Å². The fraction of sp³-hybridized carbons (Fsp3) is 1.00. The van der Waals surface area contributed by atoms with Gasteiger partial charge in [-0.3, -0.25) is 0 Å². The maximum absolute atomic E-state index is 11.4. The Kier molecular flexibility index (Phi) is 6.64. The second-order valence-corrected chi connectivity index (χ2v) is 8.75. The van der Waals surface area contributed by atoms with Crippen molar-refractivity contribution in [2.24, 2.45) is 0 Å². The van der Waals surface area contributed by atoms with Gasteiger partial charge < -0.3 is 9.70 Å². The highest BCUT2D eigenvalue weighted by molar-refractivity contribution is 6.68. The van der Waals surface area contributed by atoms with E-state index in [2.05, 4.69) is 19.0 Å². The van der Waals surface area contributed by atoms with E-state index < -0.39 is 8.32 Å². The van der Waals surface area contributed by atoms with Crippen LogP contribution < -0.4 is 4.80 Å². The van der Waals surface area contributed by atoms with Gasteiger partial charge in [-0.15, -0.1) is 0 Å². The lowest BCUT2D eigenvalue weighted by molar-refractivity contribution is -0.205. The Bertz CT molecular complexity index is 121. The van der Waals surface area contributed by atoms with Gasteiger partial charge in [0.1, 0.15) is 0 Å². The summed E-state index contributed by atoms with van der Waals surface area (Å²) in [6.45, 7) is 5.00. The van der Waals surface area contributed by atoms with Gasteiger partial charge in [0.2, 0.25) is 0 Å². The van der Waals surface area contributed by atoms with Crippen LogP contribution in [0.3, 0.4) is 0 Å². The van der Waals surface area contributed by atoms with Gasteiger partial charge in [-0.2, -0.15) is 0 Å². The normalized spacial score (nSPS) is 12.5. The zero-order valence-electron chi connectivity index (χ0n) is 9.60. The van der Waals surface area contributed by atoms with Crippen LogP contribution in [0.2, 0.25) is 19.1 Å². The van der Waals surface area contributed by atoms with E-state index in [1.807, 2.05) is 13.1 Å². The summed E-state index contributed by atoms with van der Waals surface area (Å²) >= 11 is 0. The predicted octanol–water partition coefficient (Wildman–Crippen LogP) is 1.67. The summed E-state index contributed by atoms with van der Waals surface area (Å²) < 4.78 is 0. The third-order valence-corrected chi connectivity index (χ3v) is 3.69. The first kappa shape index (κ1) is 13.1. The molecule has 0 aromatic rings. The van der Waals surface area contributed by atoms with E-state index in [0.29, 0.717) is 0 Å². The third-order valence-electron chi connectivity index (χ3n) is 2.13. The fourth-order valence-corrected chi connectivity index (χ4v) is 2.43. The Morgan fingerprint density at radius 3 is 2.00 bits per heavy atom. The molecule has 0 aliphatic carbocycles. The van der Waals surface area contributed by atoms with Gasteiger partial charge in [0.15, 0.2) is 0 Å². The highest BCUT2D eigenvalue weighted by Crippen LogP contribution is 2.09. The smallest absolute Gasteiger partial charge is 0.00248 e. The quantitative estimate of drug-likeness (QED) is 0.464. The van der Waals surface area contributed by atoms with E-state index in [4.69, 9.17) is 0 Å². The first-order valence-corrected chi connectivity index (χ1v) is 8.38. The zero-order valence-corrected chi connectivity index (χ0v) is 10.6. The average molecular weight is 202 g/mol. The van der Waals surface area contributed by atoms with E-state index in [1.165, 1.54) is 25.8 Å². The molecule has 0 bridgehead atoms. The fourth-order valence-electron chi connectivity index (χ4n) is 1.33. The van der Waals surface area contributed by atoms with Crippen LogP contribution in [-0.2, 0) is 0 Å². The molecule has 0 heterocycles. The second kappa shape index (κ2) is 6.57. The first-order valence-electron chi connectivity index (χ1n) is 5.27. The van der Waals surface area contributed by atoms with Crippen molar-refractivity contribution in [3.05, 3.63) is 0 Å². The minimum atomic E-state index is -2.00. The van der Waals surface area contributed by atoms with Crippen LogP contribution in [0.4, 0.5) is 0 Å². The third kappa shape index (κ3) is 12.1. The standard InChI is InChI=1S/C10H24NOSi/c1-11(2)9-7-5-6-8-10-13(3,4)12/h5-10H2,1-4H3/q-1. The Morgan fingerprint density at radius 1 is 1.00 bits per heavy atom. The van der Waals surface area contributed by atoms with Crippen molar-refractivity contribution >= 4 is 8.32 Å². The van der Waals surface area contributed by atoms with Gasteiger partial charge in [0.25, 0.3) is 0 Å². The Labute approximate surface area is 84.1 Å². The molecule has 0 aromatic heterocycles. The van der Waals surface area contributed by atoms with Crippen LogP contribution >= 0.6 is 0 Å². The van der Waals surface area contributed by atoms with Crippen LogP contribution in [0.5, 0.6) is 0 Å². The van der Waals surface area contributed by atoms with Crippen molar-refractivity contribution in [3.8, 4) is 0 Å². The SMILES string of the molecule is CN(C)CCCCCC[Si](C)(C)[O-]. The van der Waals surface area contributed by atoms with E-state index in [1.54, 1.807) is 0 Å². The molecular formula is C10H24NOSi-. The zero-order chi connectivity index (χ0) is 10.3. The number of rotatable bonds is 7. The highest BCUT2D eigenvalue weighted by Gasteiger charge is 2.02. The molecule has 0 fully saturated rings. The van der Waals surface area contributed by atoms with Crippen molar-refractivity contribution in [2.45, 2.75) is 44.8 Å². The first-order chi connectivity index (χ1) is 5.92. The van der Waals surface area contributed by atoms with Gasteiger partial charge >= 0.3 is 0 Å². The summed E-state index contributed by atoms with van der Waals surface area (Å²) in [6, 6.07) is 0.953. The monoisotopic (exact) mass is 202 g/mol. The Hall–Kier alpha value is 0.137. The van der Waals surface area contributed by atoms with Crippen molar-refractivity contribution in [3.63, 3.8) is 0 Å². The van der Waals surface area contributed by atoms with Crippen molar-refractivity contribution < 1.29 is 4.80 Å². The Morgan fingerprint density at radius 2 is 1.54 bits per heavy atom. The van der Waals surface area contributed by atoms with Gasteiger partial charge in [-0.1, -0.05) is 46.7 Å². The van der Waals surface area contributed by atoms with Crippen LogP contribution in [0.15, 0.2) is 0 Å². The average Bonchev–Trinajstić information content (AvgIpc) is 1.93. The summed E-state index contributed by atoms with van der Waals surface area (Å²) in [7, 11) is 2.21. The van der Waals surface area contributed by atoms with E-state index in [9.17, 15) is 4.80 Å². The summed E-state index contributed by atoms with van der Waals surface area (Å²) in [4.78, 5) is 13.6. The van der Waals surface area contributed by atoms with E-state index in [0.717, 1.165) is 12.5 Å². The van der Waals surface area contributed by atoms with Crippen molar-refractivity contribution in [1.82, 2.24) is 4.90 Å². The second-order valence-electron chi connectivity index (χ2n) is 4.73. The number of nitrogens with zero attached hydrogens (tertiary/aromatic N) is 1. The molecule has 0 atom stereocenters. The van der Waals surface area contributed by atoms with E-state index in [-0.39, 0.29) is 0 Å². The lowest BCUT2D eigenvalue weighted by atomic mass is 10.2. The molecule has 0 rings (SSSR count). The maximum Gasteiger partial charge on any atom is -0.00248 e. The molecular weight excluding hydrogens is 178 g/mol. The molecule has 0 aliphatic rings. The summed E-state index contributed by atoms with van der Waals surface area (Å²) in [5, 5.41) is 0. The minimum absolute atomic E-state index is 0.953. The minimum Gasteiger partial charge on any atom is -0.859 e. The van der Waals surface area contributed by atoms with Crippen LogP contribution in [0.1, 0.15) is 25.7 Å². The van der Waals surface area contributed by atoms with Gasteiger partial charge in [0.05, 0.1) is 0 Å². The lowest BCUT2D eigenvalue weighted by Crippen LogP contribution is -2.42. The molecule has 0 aromatic carbocycles. The van der Waals surface area contributed by atoms with Gasteiger partial charge in [-0.25, -0.2) is 0 Å². The van der Waals surface area contributed by atoms with Crippen molar-refractivity contribution in [1.29, 1.82) is 0 Å². The summed E-state index contributed by atoms with van der Waals surface area (Å²) in [5.41, 5.74) is 0. The molecule has 3 heteroatoms. The summed E-state index contributed by atoms with van der Waals surface area (Å²) in [6.07, 6.45) is 4.94. The molecule has 0 aliphatic heterocycles. The van der Waals surface area contributed by atoms with Crippen LogP contribution in [0, 0.1) is 0 Å². The molecule has 0 saturated carbocycles. The molecule has 0 unspecified atom stereocenters. The van der Waals surface area contributed by atoms with Gasteiger partial charge in [0, 0.05) is 0 Å². The Balaban J connectivity index is 3.09. The largest absolute Gasteiger partial charge is 0.859 e. The van der Waals surface area contributed by atoms with Crippen LogP contribution in [-0.4, -0.2) is 33.9 Å². The molecule has 2 nitrogen and oxygen atoms in total. The number of hydrogen-bond donors (Lipinski definition) is 0. The lowest BCUT2D eigenvalue weighted by Gasteiger charge is -2.29. The van der Waals surface area contributed by atoms with Gasteiger partial charge in [-0.05, 0) is 27.1 Å². The molecule has 0 amide bonds. The number of hydrogen-bond acceptors (Lipinski definition) is 2. The molecule has 0 spiro atoms.